The molecule has 0 N–H and O–H groups in total. The van der Waals surface area contributed by atoms with E-state index in [2.05, 4.69) is 30.2 Å². The zero-order chi connectivity index (χ0) is 16.4. The number of carbonyl (C=O) groups is 1. The largest absolute Gasteiger partial charge is 0.467 e. The Kier molecular flexibility index (Phi) is 4.18. The van der Waals surface area contributed by atoms with Crippen LogP contribution in [-0.2, 0) is 0 Å². The second-order valence-corrected chi connectivity index (χ2v) is 5.46. The number of rotatable bonds is 4. The van der Waals surface area contributed by atoms with Crippen LogP contribution in [0, 0.1) is 6.92 Å². The van der Waals surface area contributed by atoms with Crippen LogP contribution in [-0.4, -0.2) is 55.9 Å². The highest BCUT2D eigenvalue weighted by Gasteiger charge is 2.20. The summed E-state index contributed by atoms with van der Waals surface area (Å²) in [5.41, 5.74) is 0.902. The van der Waals surface area contributed by atoms with Crippen LogP contribution in [0.1, 0.15) is 42.4 Å². The quantitative estimate of drug-likeness (QED) is 0.769. The van der Waals surface area contributed by atoms with Crippen LogP contribution in [0.4, 0.5) is 5.95 Å². The van der Waals surface area contributed by atoms with E-state index < -0.39 is 0 Å². The lowest BCUT2D eigenvalue weighted by Gasteiger charge is -2.26. The van der Waals surface area contributed by atoms with Crippen molar-refractivity contribution in [3.05, 3.63) is 11.4 Å². The molecule has 0 radical (unpaired) electrons. The number of ketones is 1. The standard InChI is InChI=1S/C14H19N7O2/c1-9-11(10(2)22)18-19-21(9)13-15-12(16-14(17-13)23-3)20-7-5-4-6-8-20/h4-8H2,1-3H3. The number of aromatic nitrogens is 6. The fraction of sp³-hybridized carbons (Fsp3) is 0.571. The summed E-state index contributed by atoms with van der Waals surface area (Å²) in [6.07, 6.45) is 3.44. The van der Waals surface area contributed by atoms with Crippen LogP contribution in [0.5, 0.6) is 6.01 Å². The summed E-state index contributed by atoms with van der Waals surface area (Å²) in [5.74, 6) is 0.715. The van der Waals surface area contributed by atoms with Crippen molar-refractivity contribution < 1.29 is 9.53 Å². The van der Waals surface area contributed by atoms with Gasteiger partial charge in [0.15, 0.2) is 11.5 Å². The Labute approximate surface area is 133 Å². The lowest BCUT2D eigenvalue weighted by Crippen LogP contribution is -2.31. The van der Waals surface area contributed by atoms with Gasteiger partial charge in [0, 0.05) is 20.0 Å². The molecule has 0 spiro atoms. The van der Waals surface area contributed by atoms with Crippen molar-refractivity contribution in [3.63, 3.8) is 0 Å². The number of piperidine rings is 1. The maximum Gasteiger partial charge on any atom is 0.322 e. The first-order valence-corrected chi connectivity index (χ1v) is 7.59. The van der Waals surface area contributed by atoms with Gasteiger partial charge >= 0.3 is 6.01 Å². The third-order valence-electron chi connectivity index (χ3n) is 3.83. The number of nitrogens with zero attached hydrogens (tertiary/aromatic N) is 7. The predicted octanol–water partition coefficient (Wildman–Crippen LogP) is 0.962. The first kappa shape index (κ1) is 15.3. The topological polar surface area (TPSA) is 98.9 Å². The van der Waals surface area contributed by atoms with E-state index in [-0.39, 0.29) is 11.8 Å². The van der Waals surface area contributed by atoms with Crippen molar-refractivity contribution in [1.29, 1.82) is 0 Å². The molecule has 3 heterocycles. The molecule has 0 unspecified atom stereocenters. The van der Waals surface area contributed by atoms with Crippen molar-refractivity contribution in [2.24, 2.45) is 0 Å². The molecular formula is C14H19N7O2. The first-order chi connectivity index (χ1) is 11.1. The fourth-order valence-corrected chi connectivity index (χ4v) is 2.60. The molecule has 1 fully saturated rings. The SMILES string of the molecule is COc1nc(N2CCCCC2)nc(-n2nnc(C(C)=O)c2C)n1. The number of hydrogen-bond donors (Lipinski definition) is 0. The minimum Gasteiger partial charge on any atom is -0.467 e. The van der Waals surface area contributed by atoms with Crippen LogP contribution in [0.3, 0.4) is 0 Å². The van der Waals surface area contributed by atoms with Crippen molar-refractivity contribution in [2.45, 2.75) is 33.1 Å². The molecule has 0 bridgehead atoms. The van der Waals surface area contributed by atoms with Crippen LogP contribution in [0.15, 0.2) is 0 Å². The molecule has 122 valence electrons. The van der Waals surface area contributed by atoms with Crippen molar-refractivity contribution >= 4 is 11.7 Å². The number of carbonyl (C=O) groups excluding carboxylic acids is 1. The molecule has 2 aromatic rings. The summed E-state index contributed by atoms with van der Waals surface area (Å²) < 4.78 is 6.62. The number of ether oxygens (including phenoxy) is 1. The van der Waals surface area contributed by atoms with Crippen LogP contribution in [0.2, 0.25) is 0 Å². The molecule has 1 aliphatic rings. The molecule has 0 aromatic carbocycles. The normalized spacial score (nSPS) is 14.8. The second-order valence-electron chi connectivity index (χ2n) is 5.46. The lowest BCUT2D eigenvalue weighted by atomic mass is 10.1. The summed E-state index contributed by atoms with van der Waals surface area (Å²) in [4.78, 5) is 26.7. The van der Waals surface area contributed by atoms with Gasteiger partial charge in [-0.05, 0) is 26.2 Å². The zero-order valence-corrected chi connectivity index (χ0v) is 13.5. The van der Waals surface area contributed by atoms with E-state index >= 15 is 0 Å². The highest BCUT2D eigenvalue weighted by atomic mass is 16.5. The van der Waals surface area contributed by atoms with Gasteiger partial charge in [0.05, 0.1) is 12.8 Å². The third kappa shape index (κ3) is 2.99. The van der Waals surface area contributed by atoms with E-state index in [1.54, 1.807) is 6.92 Å². The van der Waals surface area contributed by atoms with Gasteiger partial charge in [-0.15, -0.1) is 5.10 Å². The van der Waals surface area contributed by atoms with Crippen molar-refractivity contribution in [1.82, 2.24) is 29.9 Å². The third-order valence-corrected chi connectivity index (χ3v) is 3.83. The molecule has 1 saturated heterocycles. The Morgan fingerprint density at radius 2 is 1.78 bits per heavy atom. The maximum atomic E-state index is 11.5. The van der Waals surface area contributed by atoms with Gasteiger partial charge in [0.2, 0.25) is 5.95 Å². The summed E-state index contributed by atoms with van der Waals surface area (Å²) in [6, 6.07) is 0.217. The van der Waals surface area contributed by atoms with E-state index in [1.165, 1.54) is 25.1 Å². The van der Waals surface area contributed by atoms with E-state index in [9.17, 15) is 4.79 Å². The smallest absolute Gasteiger partial charge is 0.322 e. The summed E-state index contributed by atoms with van der Waals surface area (Å²) in [6.45, 7) is 5.02. The minimum atomic E-state index is -0.147. The van der Waals surface area contributed by atoms with Gasteiger partial charge in [-0.2, -0.15) is 19.6 Å². The number of methoxy groups -OCH3 is 1. The molecule has 2 aromatic heterocycles. The average Bonchev–Trinajstić information content (AvgIpc) is 2.97. The maximum absolute atomic E-state index is 11.5. The predicted molar refractivity (Wildman–Crippen MR) is 82.1 cm³/mol. The highest BCUT2D eigenvalue weighted by molar-refractivity contribution is 5.93. The zero-order valence-electron chi connectivity index (χ0n) is 13.5. The van der Waals surface area contributed by atoms with Crippen molar-refractivity contribution in [3.8, 4) is 12.0 Å². The molecule has 23 heavy (non-hydrogen) atoms. The van der Waals surface area contributed by atoms with E-state index in [1.807, 2.05) is 0 Å². The number of Topliss-reactive ketones (excluding diaryl/α,β-unsaturated/α-hetero) is 1. The van der Waals surface area contributed by atoms with Gasteiger partial charge in [0.1, 0.15) is 0 Å². The van der Waals surface area contributed by atoms with Crippen molar-refractivity contribution in [2.75, 3.05) is 25.1 Å². The molecule has 3 rings (SSSR count). The van der Waals surface area contributed by atoms with Crippen LogP contribution in [0.25, 0.3) is 5.95 Å². The number of anilines is 1. The molecule has 0 aliphatic carbocycles. The Bertz CT molecular complexity index is 722. The van der Waals surface area contributed by atoms with Gasteiger partial charge in [0.25, 0.3) is 5.95 Å². The van der Waals surface area contributed by atoms with Crippen LogP contribution >= 0.6 is 0 Å². The Morgan fingerprint density at radius 1 is 1.09 bits per heavy atom. The minimum absolute atomic E-state index is 0.147. The van der Waals surface area contributed by atoms with Gasteiger partial charge in [-0.1, -0.05) is 5.21 Å². The molecule has 0 amide bonds. The fourth-order valence-electron chi connectivity index (χ4n) is 2.60. The summed E-state index contributed by atoms with van der Waals surface area (Å²) in [7, 11) is 1.51. The second kappa shape index (κ2) is 6.27. The van der Waals surface area contributed by atoms with E-state index in [0.717, 1.165) is 25.9 Å². The highest BCUT2D eigenvalue weighted by Crippen LogP contribution is 2.19. The van der Waals surface area contributed by atoms with Gasteiger partial charge in [-0.3, -0.25) is 4.79 Å². The molecular weight excluding hydrogens is 298 g/mol. The Hall–Kier alpha value is -2.58. The molecule has 0 atom stereocenters. The Morgan fingerprint density at radius 3 is 2.39 bits per heavy atom. The van der Waals surface area contributed by atoms with Gasteiger partial charge < -0.3 is 9.64 Å². The van der Waals surface area contributed by atoms with E-state index in [0.29, 0.717) is 23.3 Å². The number of hydrogen-bond acceptors (Lipinski definition) is 8. The molecule has 0 saturated carbocycles. The summed E-state index contributed by atoms with van der Waals surface area (Å²) in [5, 5.41) is 7.89. The summed E-state index contributed by atoms with van der Waals surface area (Å²) >= 11 is 0. The molecule has 9 nitrogen and oxygen atoms in total. The first-order valence-electron chi connectivity index (χ1n) is 7.59. The monoisotopic (exact) mass is 317 g/mol. The van der Waals surface area contributed by atoms with Gasteiger partial charge in [-0.25, -0.2) is 0 Å². The van der Waals surface area contributed by atoms with E-state index in [4.69, 9.17) is 4.74 Å². The molecule has 1 aliphatic heterocycles. The average molecular weight is 317 g/mol. The molecule has 9 heteroatoms. The Balaban J connectivity index is 2.03. The van der Waals surface area contributed by atoms with Crippen LogP contribution < -0.4 is 9.64 Å². The lowest BCUT2D eigenvalue weighted by molar-refractivity contribution is 0.101.